The molecular weight excluding hydrogens is 515 g/mol. The summed E-state index contributed by atoms with van der Waals surface area (Å²) in [7, 11) is 0. The quantitative estimate of drug-likeness (QED) is 0.277. The predicted octanol–water partition coefficient (Wildman–Crippen LogP) is 5.74. The molecule has 1 unspecified atom stereocenters. The largest absolute Gasteiger partial charge is 0.493 e. The standard InChI is InChI=1S/C28H26Cl2N2O5/c29-18-3-8-22(9-4-18)37-28(35)32-13-11-23-24-15-19(30)5-10-25(24)31-26(23)27(32)17-1-6-21(7-2-17)36-14-12-20(34)16-33/h1-10,15,20,27,31,33-34H,11-14,16H2/t20-,27?/m0/s1. The van der Waals surface area contributed by atoms with Crippen LogP contribution in [0.2, 0.25) is 10.0 Å². The van der Waals surface area contributed by atoms with Gasteiger partial charge in [-0.05, 0) is 72.1 Å². The highest BCUT2D eigenvalue weighted by atomic mass is 35.5. The summed E-state index contributed by atoms with van der Waals surface area (Å²) in [6.07, 6.45) is -0.300. The molecular formula is C28H26Cl2N2O5. The van der Waals surface area contributed by atoms with Crippen molar-refractivity contribution in [3.05, 3.63) is 93.6 Å². The molecule has 1 aliphatic rings. The van der Waals surface area contributed by atoms with Crippen LogP contribution < -0.4 is 9.47 Å². The number of nitrogens with one attached hydrogen (secondary N) is 1. The normalized spacial score (nSPS) is 15.9. The number of carbonyl (C=O) groups excluding carboxylic acids is 1. The number of fused-ring (bicyclic) bond motifs is 3. The van der Waals surface area contributed by atoms with E-state index in [0.29, 0.717) is 40.9 Å². The number of ether oxygens (including phenoxy) is 2. The number of benzene rings is 3. The van der Waals surface area contributed by atoms with E-state index in [1.807, 2.05) is 42.5 Å². The lowest BCUT2D eigenvalue weighted by Gasteiger charge is -2.35. The maximum Gasteiger partial charge on any atom is 0.416 e. The molecule has 1 aromatic heterocycles. The lowest BCUT2D eigenvalue weighted by atomic mass is 9.92. The third-order valence-corrected chi connectivity index (χ3v) is 6.96. The Kier molecular flexibility index (Phi) is 7.58. The van der Waals surface area contributed by atoms with Gasteiger partial charge in [0.1, 0.15) is 17.5 Å². The van der Waals surface area contributed by atoms with E-state index in [9.17, 15) is 9.90 Å². The highest BCUT2D eigenvalue weighted by Crippen LogP contribution is 2.40. The third kappa shape index (κ3) is 5.55. The second-order valence-electron chi connectivity index (χ2n) is 8.92. The van der Waals surface area contributed by atoms with E-state index in [1.54, 1.807) is 29.2 Å². The van der Waals surface area contributed by atoms with E-state index in [0.717, 1.165) is 27.7 Å². The molecule has 0 fully saturated rings. The molecule has 9 heteroatoms. The zero-order valence-electron chi connectivity index (χ0n) is 19.9. The SMILES string of the molecule is O=C(Oc1ccc(Cl)cc1)N1CCc2c([nH]c3ccc(Cl)cc23)C1c1ccc(OCC[C@H](O)CO)cc1. The summed E-state index contributed by atoms with van der Waals surface area (Å²) < 4.78 is 11.4. The van der Waals surface area contributed by atoms with Crippen LogP contribution in [-0.4, -0.2) is 52.1 Å². The Labute approximate surface area is 224 Å². The van der Waals surface area contributed by atoms with Gasteiger partial charge in [0.05, 0.1) is 19.3 Å². The van der Waals surface area contributed by atoms with E-state index in [1.165, 1.54) is 0 Å². The van der Waals surface area contributed by atoms with Crippen LogP contribution in [0.1, 0.15) is 29.3 Å². The summed E-state index contributed by atoms with van der Waals surface area (Å²) in [5.41, 5.74) is 3.87. The van der Waals surface area contributed by atoms with Crippen LogP contribution in [0.3, 0.4) is 0 Å². The maximum atomic E-state index is 13.4. The molecule has 2 heterocycles. The Hall–Kier alpha value is -3.23. The predicted molar refractivity (Wildman–Crippen MR) is 143 cm³/mol. The maximum absolute atomic E-state index is 13.4. The smallest absolute Gasteiger partial charge is 0.416 e. The minimum absolute atomic E-state index is 0.275. The van der Waals surface area contributed by atoms with Gasteiger partial charge >= 0.3 is 6.09 Å². The van der Waals surface area contributed by atoms with Crippen molar-refractivity contribution in [2.45, 2.75) is 25.0 Å². The van der Waals surface area contributed by atoms with E-state index in [-0.39, 0.29) is 13.2 Å². The molecule has 37 heavy (non-hydrogen) atoms. The number of aliphatic hydroxyl groups is 2. The van der Waals surface area contributed by atoms with Gasteiger partial charge in [-0.2, -0.15) is 0 Å². The monoisotopic (exact) mass is 540 g/mol. The molecule has 7 nitrogen and oxygen atoms in total. The first-order valence-electron chi connectivity index (χ1n) is 12.0. The van der Waals surface area contributed by atoms with Gasteiger partial charge in [0.25, 0.3) is 0 Å². The van der Waals surface area contributed by atoms with Crippen molar-refractivity contribution in [1.29, 1.82) is 0 Å². The molecule has 2 atom stereocenters. The van der Waals surface area contributed by atoms with Crippen molar-refractivity contribution < 1.29 is 24.5 Å². The van der Waals surface area contributed by atoms with Crippen LogP contribution in [0.5, 0.6) is 11.5 Å². The molecule has 0 radical (unpaired) electrons. The molecule has 3 aromatic carbocycles. The first-order valence-corrected chi connectivity index (χ1v) is 12.7. The second kappa shape index (κ2) is 11.0. The summed E-state index contributed by atoms with van der Waals surface area (Å²) in [6, 6.07) is 19.5. The molecule has 0 saturated carbocycles. The van der Waals surface area contributed by atoms with Crippen molar-refractivity contribution in [1.82, 2.24) is 9.88 Å². The number of aromatic amines is 1. The number of hydrogen-bond donors (Lipinski definition) is 3. The summed E-state index contributed by atoms with van der Waals surface area (Å²) in [6.45, 7) is 0.432. The summed E-state index contributed by atoms with van der Waals surface area (Å²) >= 11 is 12.3. The van der Waals surface area contributed by atoms with Crippen molar-refractivity contribution in [2.24, 2.45) is 0 Å². The van der Waals surface area contributed by atoms with Gasteiger partial charge in [0, 0.05) is 39.6 Å². The molecule has 1 amide bonds. The Morgan fingerprint density at radius 3 is 2.46 bits per heavy atom. The van der Waals surface area contributed by atoms with Gasteiger partial charge in [0.2, 0.25) is 0 Å². The minimum Gasteiger partial charge on any atom is -0.493 e. The van der Waals surface area contributed by atoms with Gasteiger partial charge in [-0.25, -0.2) is 4.79 Å². The van der Waals surface area contributed by atoms with Crippen molar-refractivity contribution in [2.75, 3.05) is 19.8 Å². The van der Waals surface area contributed by atoms with Crippen molar-refractivity contribution >= 4 is 40.2 Å². The van der Waals surface area contributed by atoms with Crippen LogP contribution in [0.15, 0.2) is 66.7 Å². The molecule has 0 bridgehead atoms. The average Bonchev–Trinajstić information content (AvgIpc) is 3.27. The number of aliphatic hydroxyl groups excluding tert-OH is 2. The second-order valence-corrected chi connectivity index (χ2v) is 9.79. The van der Waals surface area contributed by atoms with Gasteiger partial charge in [-0.3, -0.25) is 4.90 Å². The first kappa shape index (κ1) is 25.4. The van der Waals surface area contributed by atoms with E-state index >= 15 is 0 Å². The highest BCUT2D eigenvalue weighted by Gasteiger charge is 2.35. The lowest BCUT2D eigenvalue weighted by Crippen LogP contribution is -2.42. The van der Waals surface area contributed by atoms with Crippen LogP contribution in [-0.2, 0) is 6.42 Å². The Balaban J connectivity index is 1.46. The molecule has 192 valence electrons. The van der Waals surface area contributed by atoms with Crippen molar-refractivity contribution in [3.8, 4) is 11.5 Å². The average molecular weight is 541 g/mol. The highest BCUT2D eigenvalue weighted by molar-refractivity contribution is 6.31. The summed E-state index contributed by atoms with van der Waals surface area (Å²) in [5, 5.41) is 20.8. The molecule has 0 aliphatic carbocycles. The van der Waals surface area contributed by atoms with E-state index in [2.05, 4.69) is 4.98 Å². The number of aromatic nitrogens is 1. The molecule has 0 spiro atoms. The first-order chi connectivity index (χ1) is 17.9. The van der Waals surface area contributed by atoms with E-state index in [4.69, 9.17) is 37.8 Å². The minimum atomic E-state index is -0.810. The number of amides is 1. The number of nitrogens with zero attached hydrogens (tertiary/aromatic N) is 1. The Morgan fingerprint density at radius 2 is 1.73 bits per heavy atom. The van der Waals surface area contributed by atoms with Crippen LogP contribution in [0.25, 0.3) is 10.9 Å². The van der Waals surface area contributed by atoms with Crippen LogP contribution in [0.4, 0.5) is 4.79 Å². The summed E-state index contributed by atoms with van der Waals surface area (Å²) in [4.78, 5) is 18.6. The molecule has 5 rings (SSSR count). The van der Waals surface area contributed by atoms with E-state index < -0.39 is 18.2 Å². The zero-order valence-corrected chi connectivity index (χ0v) is 21.4. The molecule has 3 N–H and O–H groups in total. The van der Waals surface area contributed by atoms with Crippen LogP contribution >= 0.6 is 23.2 Å². The third-order valence-electron chi connectivity index (χ3n) is 6.47. The van der Waals surface area contributed by atoms with Gasteiger partial charge in [-0.1, -0.05) is 35.3 Å². The number of halogens is 2. The Morgan fingerprint density at radius 1 is 1.03 bits per heavy atom. The number of H-pyrrole nitrogens is 1. The fourth-order valence-electron chi connectivity index (χ4n) is 4.62. The number of hydrogen-bond acceptors (Lipinski definition) is 5. The Bertz CT molecular complexity index is 1390. The topological polar surface area (TPSA) is 95.0 Å². The lowest BCUT2D eigenvalue weighted by molar-refractivity contribution is 0.0754. The van der Waals surface area contributed by atoms with Crippen molar-refractivity contribution in [3.63, 3.8) is 0 Å². The van der Waals surface area contributed by atoms with Gasteiger partial charge in [-0.15, -0.1) is 0 Å². The van der Waals surface area contributed by atoms with Gasteiger partial charge in [0.15, 0.2) is 0 Å². The number of rotatable bonds is 7. The van der Waals surface area contributed by atoms with Crippen LogP contribution in [0, 0.1) is 0 Å². The molecule has 0 saturated heterocycles. The molecule has 4 aromatic rings. The van der Waals surface area contributed by atoms with Gasteiger partial charge < -0.3 is 24.7 Å². The number of carbonyl (C=O) groups is 1. The fourth-order valence-corrected chi connectivity index (χ4v) is 4.91. The summed E-state index contributed by atoms with van der Waals surface area (Å²) in [5.74, 6) is 1.04. The fraction of sp³-hybridized carbons (Fsp3) is 0.250. The zero-order chi connectivity index (χ0) is 25.9. The molecule has 1 aliphatic heterocycles.